The normalized spacial score (nSPS) is 18.5. The number of ether oxygens (including phenoxy) is 1. The van der Waals surface area contributed by atoms with Gasteiger partial charge >= 0.3 is 0 Å². The van der Waals surface area contributed by atoms with Crippen LogP contribution in [-0.4, -0.2) is 37.7 Å². The molecule has 2 rings (SSSR count). The van der Waals surface area contributed by atoms with Crippen molar-refractivity contribution in [1.29, 1.82) is 0 Å². The molecule has 6 heteroatoms. The zero-order valence-electron chi connectivity index (χ0n) is 12.8. The molecule has 2 atom stereocenters. The number of carbonyl (C=O) groups excluding carboxylic acids is 1. The van der Waals surface area contributed by atoms with Crippen LogP contribution >= 0.6 is 12.4 Å². The Bertz CT molecular complexity index is 450. The minimum atomic E-state index is -0.242. The molecule has 0 bridgehead atoms. The number of hydrogen-bond acceptors (Lipinski definition) is 3. The summed E-state index contributed by atoms with van der Waals surface area (Å²) in [6, 6.07) is 6.38. The molecule has 0 spiro atoms. The van der Waals surface area contributed by atoms with Crippen molar-refractivity contribution in [1.82, 2.24) is 10.6 Å². The minimum Gasteiger partial charge on any atom is -0.377 e. The van der Waals surface area contributed by atoms with Crippen molar-refractivity contribution in [2.75, 3.05) is 19.7 Å². The number of rotatable bonds is 7. The average Bonchev–Trinajstić information content (AvgIpc) is 2.94. The molecule has 22 heavy (non-hydrogen) atoms. The molecular formula is C16H24ClFN2O2. The molecule has 1 aliphatic heterocycles. The van der Waals surface area contributed by atoms with E-state index in [9.17, 15) is 9.18 Å². The van der Waals surface area contributed by atoms with Gasteiger partial charge in [-0.2, -0.15) is 0 Å². The second-order valence-corrected chi connectivity index (χ2v) is 5.57. The highest BCUT2D eigenvalue weighted by Gasteiger charge is 2.15. The maximum atomic E-state index is 12.8. The van der Waals surface area contributed by atoms with Crippen LogP contribution in [0.15, 0.2) is 24.3 Å². The molecule has 1 saturated heterocycles. The third-order valence-electron chi connectivity index (χ3n) is 3.54. The van der Waals surface area contributed by atoms with Gasteiger partial charge in [0.25, 0.3) is 0 Å². The topological polar surface area (TPSA) is 50.4 Å². The van der Waals surface area contributed by atoms with Crippen LogP contribution in [0.25, 0.3) is 0 Å². The van der Waals surface area contributed by atoms with Gasteiger partial charge in [0.05, 0.1) is 12.6 Å². The Morgan fingerprint density at radius 3 is 2.77 bits per heavy atom. The van der Waals surface area contributed by atoms with Crippen molar-refractivity contribution < 1.29 is 13.9 Å². The van der Waals surface area contributed by atoms with Gasteiger partial charge in [0.15, 0.2) is 0 Å². The summed E-state index contributed by atoms with van der Waals surface area (Å²) in [6.07, 6.45) is 3.11. The van der Waals surface area contributed by atoms with E-state index in [2.05, 4.69) is 10.6 Å². The number of halogens is 2. The van der Waals surface area contributed by atoms with Crippen LogP contribution in [0.3, 0.4) is 0 Å². The average molecular weight is 331 g/mol. The van der Waals surface area contributed by atoms with Gasteiger partial charge < -0.3 is 15.4 Å². The maximum absolute atomic E-state index is 12.8. The Morgan fingerprint density at radius 1 is 1.41 bits per heavy atom. The summed E-state index contributed by atoms with van der Waals surface area (Å²) in [5, 5.41) is 6.05. The first-order valence-corrected chi connectivity index (χ1v) is 7.49. The van der Waals surface area contributed by atoms with E-state index in [1.807, 2.05) is 6.92 Å². The van der Waals surface area contributed by atoms with Crippen molar-refractivity contribution in [3.63, 3.8) is 0 Å². The van der Waals surface area contributed by atoms with Crippen molar-refractivity contribution in [2.24, 2.45) is 0 Å². The number of benzene rings is 1. The molecule has 1 aromatic carbocycles. The Hall–Kier alpha value is -1.17. The molecule has 0 saturated carbocycles. The molecule has 0 radical (unpaired) electrons. The molecule has 0 aromatic heterocycles. The molecule has 1 amide bonds. The Kier molecular flexibility index (Phi) is 8.38. The maximum Gasteiger partial charge on any atom is 0.234 e. The Balaban J connectivity index is 0.00000242. The minimum absolute atomic E-state index is 0. The Morgan fingerprint density at radius 2 is 2.14 bits per heavy atom. The van der Waals surface area contributed by atoms with Gasteiger partial charge in [-0.25, -0.2) is 4.39 Å². The van der Waals surface area contributed by atoms with Crippen LogP contribution < -0.4 is 10.6 Å². The summed E-state index contributed by atoms with van der Waals surface area (Å²) in [5.41, 5.74) is 1.01. The number of carbonyl (C=O) groups is 1. The molecule has 1 aliphatic rings. The molecule has 1 heterocycles. The molecule has 124 valence electrons. The number of nitrogens with one attached hydrogen (secondary N) is 2. The summed E-state index contributed by atoms with van der Waals surface area (Å²) < 4.78 is 18.3. The van der Waals surface area contributed by atoms with Crippen LogP contribution in [0.5, 0.6) is 0 Å². The van der Waals surface area contributed by atoms with Gasteiger partial charge in [0.1, 0.15) is 5.82 Å². The lowest BCUT2D eigenvalue weighted by Crippen LogP contribution is -2.41. The third-order valence-corrected chi connectivity index (χ3v) is 3.54. The van der Waals surface area contributed by atoms with Gasteiger partial charge in [-0.15, -0.1) is 12.4 Å². The predicted octanol–water partition coefficient (Wildman–Crippen LogP) is 2.06. The van der Waals surface area contributed by atoms with E-state index in [1.54, 1.807) is 12.1 Å². The molecule has 2 N–H and O–H groups in total. The fourth-order valence-electron chi connectivity index (χ4n) is 2.50. The van der Waals surface area contributed by atoms with Crippen LogP contribution in [-0.2, 0) is 16.0 Å². The first-order valence-electron chi connectivity index (χ1n) is 7.49. The van der Waals surface area contributed by atoms with E-state index < -0.39 is 0 Å². The lowest BCUT2D eigenvalue weighted by molar-refractivity contribution is -0.120. The van der Waals surface area contributed by atoms with Gasteiger partial charge in [-0.05, 0) is 43.9 Å². The van der Waals surface area contributed by atoms with Crippen LogP contribution in [0.2, 0.25) is 0 Å². The Labute approximate surface area is 137 Å². The molecular weight excluding hydrogens is 307 g/mol. The lowest BCUT2D eigenvalue weighted by Gasteiger charge is -2.15. The number of hydrogen-bond donors (Lipinski definition) is 2. The van der Waals surface area contributed by atoms with E-state index in [0.717, 1.165) is 31.6 Å². The smallest absolute Gasteiger partial charge is 0.234 e. The van der Waals surface area contributed by atoms with Gasteiger partial charge in [-0.1, -0.05) is 12.1 Å². The van der Waals surface area contributed by atoms with Gasteiger partial charge in [0, 0.05) is 19.2 Å². The molecule has 1 aromatic rings. The second kappa shape index (κ2) is 9.77. The van der Waals surface area contributed by atoms with Crippen LogP contribution in [0.1, 0.15) is 25.3 Å². The highest BCUT2D eigenvalue weighted by Crippen LogP contribution is 2.10. The van der Waals surface area contributed by atoms with Gasteiger partial charge in [0.2, 0.25) is 5.91 Å². The molecule has 1 fully saturated rings. The summed E-state index contributed by atoms with van der Waals surface area (Å²) in [5.74, 6) is -0.267. The fraction of sp³-hybridized carbons (Fsp3) is 0.562. The van der Waals surface area contributed by atoms with Crippen molar-refractivity contribution in [3.05, 3.63) is 35.6 Å². The van der Waals surface area contributed by atoms with Crippen molar-refractivity contribution in [3.8, 4) is 0 Å². The summed E-state index contributed by atoms with van der Waals surface area (Å²) in [7, 11) is 0. The summed E-state index contributed by atoms with van der Waals surface area (Å²) >= 11 is 0. The molecule has 2 unspecified atom stereocenters. The second-order valence-electron chi connectivity index (χ2n) is 5.57. The van der Waals surface area contributed by atoms with Crippen molar-refractivity contribution in [2.45, 2.75) is 38.3 Å². The standard InChI is InChI=1S/C16H23FN2O2.ClH/c1-12(9-13-4-6-14(17)7-5-13)19-16(20)11-18-10-15-3-2-8-21-15;/h4-7,12,15,18H,2-3,8-11H2,1H3,(H,19,20);1H. The quantitative estimate of drug-likeness (QED) is 0.804. The highest BCUT2D eigenvalue weighted by atomic mass is 35.5. The van der Waals surface area contributed by atoms with Crippen LogP contribution in [0, 0.1) is 5.82 Å². The van der Waals surface area contributed by atoms with Gasteiger partial charge in [-0.3, -0.25) is 4.79 Å². The SMILES string of the molecule is CC(Cc1ccc(F)cc1)NC(=O)CNCC1CCCO1.Cl. The predicted molar refractivity (Wildman–Crippen MR) is 86.8 cm³/mol. The van der Waals surface area contributed by atoms with E-state index >= 15 is 0 Å². The third kappa shape index (κ3) is 6.73. The summed E-state index contributed by atoms with van der Waals surface area (Å²) in [6.45, 7) is 3.79. The molecule has 0 aliphatic carbocycles. The van der Waals surface area contributed by atoms with Crippen LogP contribution in [0.4, 0.5) is 4.39 Å². The molecule has 4 nitrogen and oxygen atoms in total. The monoisotopic (exact) mass is 330 g/mol. The highest BCUT2D eigenvalue weighted by molar-refractivity contribution is 5.85. The van der Waals surface area contributed by atoms with E-state index in [4.69, 9.17) is 4.74 Å². The fourth-order valence-corrected chi connectivity index (χ4v) is 2.50. The van der Waals surface area contributed by atoms with E-state index in [1.165, 1.54) is 12.1 Å². The largest absolute Gasteiger partial charge is 0.377 e. The van der Waals surface area contributed by atoms with Crippen molar-refractivity contribution >= 4 is 18.3 Å². The number of amides is 1. The zero-order valence-corrected chi connectivity index (χ0v) is 13.6. The first kappa shape index (κ1) is 18.9. The summed E-state index contributed by atoms with van der Waals surface area (Å²) in [4.78, 5) is 11.8. The lowest BCUT2D eigenvalue weighted by atomic mass is 10.1. The zero-order chi connectivity index (χ0) is 15.1. The first-order chi connectivity index (χ1) is 10.1. The van der Waals surface area contributed by atoms with E-state index in [0.29, 0.717) is 13.0 Å². The van der Waals surface area contributed by atoms with E-state index in [-0.39, 0.29) is 36.3 Å².